The van der Waals surface area contributed by atoms with Crippen LogP contribution in [-0.2, 0) is 14.6 Å². The van der Waals surface area contributed by atoms with Crippen molar-refractivity contribution in [3.8, 4) is 6.01 Å². The Morgan fingerprint density at radius 2 is 2.15 bits per heavy atom. The molecule has 0 radical (unpaired) electrons. The second kappa shape index (κ2) is 7.13. The minimum absolute atomic E-state index is 0.0492. The SMILES string of the molecule is Cc1ccnc(OC[C@@H]2CCS(=O)(=O)C23CN(C(=O)CCC(C)C)C3)n1. The summed E-state index contributed by atoms with van der Waals surface area (Å²) in [5.41, 5.74) is 0.800. The molecule has 0 unspecified atom stereocenters. The molecule has 1 atom stereocenters. The van der Waals surface area contributed by atoms with Crippen molar-refractivity contribution in [3.05, 3.63) is 18.0 Å². The number of hydrogen-bond acceptors (Lipinski definition) is 6. The highest BCUT2D eigenvalue weighted by Gasteiger charge is 2.62. The number of sulfone groups is 1. The lowest BCUT2D eigenvalue weighted by Gasteiger charge is -2.49. The number of likely N-dealkylation sites (tertiary alicyclic amines) is 1. The third-order valence-electron chi connectivity index (χ3n) is 5.49. The summed E-state index contributed by atoms with van der Waals surface area (Å²) in [5.74, 6) is 0.530. The van der Waals surface area contributed by atoms with E-state index in [-0.39, 0.29) is 43.3 Å². The third-order valence-corrected chi connectivity index (χ3v) is 8.09. The zero-order valence-electron chi connectivity index (χ0n) is 15.6. The standard InChI is InChI=1S/C18H27N3O4S/c1-13(2)4-5-16(22)21-11-18(12-21)15(7-9-26(18,23)24)10-25-17-19-8-6-14(3)20-17/h6,8,13,15H,4-5,7,9-12H2,1-3H3/t15-/m0/s1. The van der Waals surface area contributed by atoms with E-state index in [1.54, 1.807) is 17.2 Å². The van der Waals surface area contributed by atoms with Gasteiger partial charge >= 0.3 is 6.01 Å². The zero-order chi connectivity index (χ0) is 18.9. The molecular formula is C18H27N3O4S. The number of aromatic nitrogens is 2. The van der Waals surface area contributed by atoms with Crippen LogP contribution in [0.3, 0.4) is 0 Å². The lowest BCUT2D eigenvalue weighted by Crippen LogP contribution is -2.68. The number of rotatable bonds is 6. The predicted octanol–water partition coefficient (Wildman–Crippen LogP) is 1.62. The van der Waals surface area contributed by atoms with Crippen molar-refractivity contribution < 1.29 is 17.9 Å². The Kier molecular flexibility index (Phi) is 5.23. The van der Waals surface area contributed by atoms with Gasteiger partial charge in [-0.15, -0.1) is 0 Å². The molecule has 1 aromatic heterocycles. The minimum Gasteiger partial charge on any atom is -0.463 e. The van der Waals surface area contributed by atoms with Crippen LogP contribution in [0.4, 0.5) is 0 Å². The summed E-state index contributed by atoms with van der Waals surface area (Å²) >= 11 is 0. The second-order valence-electron chi connectivity index (χ2n) is 7.84. The monoisotopic (exact) mass is 381 g/mol. The average molecular weight is 381 g/mol. The molecule has 0 saturated carbocycles. The van der Waals surface area contributed by atoms with Gasteiger partial charge in [0.2, 0.25) is 5.91 Å². The van der Waals surface area contributed by atoms with Crippen molar-refractivity contribution in [2.24, 2.45) is 11.8 Å². The van der Waals surface area contributed by atoms with E-state index in [4.69, 9.17) is 4.74 Å². The van der Waals surface area contributed by atoms with Crippen LogP contribution in [0, 0.1) is 18.8 Å². The van der Waals surface area contributed by atoms with Crippen molar-refractivity contribution in [3.63, 3.8) is 0 Å². The van der Waals surface area contributed by atoms with E-state index in [2.05, 4.69) is 23.8 Å². The van der Waals surface area contributed by atoms with E-state index < -0.39 is 14.6 Å². The van der Waals surface area contributed by atoms with Crippen LogP contribution in [0.15, 0.2) is 12.3 Å². The van der Waals surface area contributed by atoms with Crippen molar-refractivity contribution >= 4 is 15.7 Å². The van der Waals surface area contributed by atoms with Crippen LogP contribution in [0.25, 0.3) is 0 Å². The minimum atomic E-state index is -3.22. The Bertz CT molecular complexity index is 772. The molecule has 1 aromatic rings. The summed E-state index contributed by atoms with van der Waals surface area (Å²) in [4.78, 5) is 22.2. The highest BCUT2D eigenvalue weighted by atomic mass is 32.2. The van der Waals surface area contributed by atoms with E-state index in [9.17, 15) is 13.2 Å². The van der Waals surface area contributed by atoms with Gasteiger partial charge in [-0.25, -0.2) is 18.4 Å². The molecule has 1 amide bonds. The molecule has 26 heavy (non-hydrogen) atoms. The van der Waals surface area contributed by atoms with Gasteiger partial charge in [0.15, 0.2) is 9.84 Å². The fourth-order valence-corrected chi connectivity index (χ4v) is 6.12. The van der Waals surface area contributed by atoms with Gasteiger partial charge in [0, 0.05) is 37.3 Å². The Hall–Kier alpha value is -1.70. The number of ether oxygens (including phenoxy) is 1. The van der Waals surface area contributed by atoms with Crippen LogP contribution in [0.2, 0.25) is 0 Å². The number of carbonyl (C=O) groups is 1. The fraction of sp³-hybridized carbons (Fsp3) is 0.722. The van der Waals surface area contributed by atoms with Gasteiger partial charge in [-0.1, -0.05) is 13.8 Å². The summed E-state index contributed by atoms with van der Waals surface area (Å²) in [5, 5.41) is 0. The molecular weight excluding hydrogens is 354 g/mol. The lowest BCUT2D eigenvalue weighted by atomic mass is 9.83. The summed E-state index contributed by atoms with van der Waals surface area (Å²) < 4.78 is 30.1. The molecule has 2 aliphatic heterocycles. The van der Waals surface area contributed by atoms with Gasteiger partial charge in [0.25, 0.3) is 0 Å². The molecule has 7 nitrogen and oxygen atoms in total. The topological polar surface area (TPSA) is 89.5 Å². The van der Waals surface area contributed by atoms with Gasteiger partial charge < -0.3 is 9.64 Å². The summed E-state index contributed by atoms with van der Waals surface area (Å²) in [7, 11) is -3.22. The van der Waals surface area contributed by atoms with Gasteiger partial charge in [-0.2, -0.15) is 0 Å². The van der Waals surface area contributed by atoms with Gasteiger partial charge in [-0.3, -0.25) is 4.79 Å². The second-order valence-corrected chi connectivity index (χ2v) is 10.3. The Morgan fingerprint density at radius 3 is 2.81 bits per heavy atom. The van der Waals surface area contributed by atoms with Crippen molar-refractivity contribution in [2.75, 3.05) is 25.4 Å². The van der Waals surface area contributed by atoms with E-state index in [0.717, 1.165) is 12.1 Å². The van der Waals surface area contributed by atoms with Crippen LogP contribution < -0.4 is 4.74 Å². The highest BCUT2D eigenvalue weighted by Crippen LogP contribution is 2.45. The maximum atomic E-state index is 12.7. The van der Waals surface area contributed by atoms with Crippen LogP contribution in [0.5, 0.6) is 6.01 Å². The maximum Gasteiger partial charge on any atom is 0.316 e. The van der Waals surface area contributed by atoms with Crippen LogP contribution in [0.1, 0.15) is 38.8 Å². The molecule has 3 heterocycles. The highest BCUT2D eigenvalue weighted by molar-refractivity contribution is 7.93. The molecule has 2 saturated heterocycles. The van der Waals surface area contributed by atoms with Crippen LogP contribution in [-0.4, -0.2) is 59.4 Å². The third kappa shape index (κ3) is 3.56. The number of carbonyl (C=O) groups excluding carboxylic acids is 1. The van der Waals surface area contributed by atoms with E-state index in [1.165, 1.54) is 0 Å². The summed E-state index contributed by atoms with van der Waals surface area (Å²) in [6, 6.07) is 2.05. The molecule has 0 aliphatic carbocycles. The predicted molar refractivity (Wildman–Crippen MR) is 97.5 cm³/mol. The molecule has 0 bridgehead atoms. The molecule has 8 heteroatoms. The average Bonchev–Trinajstić information content (AvgIpc) is 2.80. The van der Waals surface area contributed by atoms with E-state index >= 15 is 0 Å². The first-order chi connectivity index (χ1) is 12.2. The fourth-order valence-electron chi connectivity index (χ4n) is 3.72. The first-order valence-electron chi connectivity index (χ1n) is 9.16. The molecule has 2 aliphatic rings. The summed E-state index contributed by atoms with van der Waals surface area (Å²) in [6.07, 6.45) is 3.48. The van der Waals surface area contributed by atoms with Crippen molar-refractivity contribution in [2.45, 2.75) is 44.8 Å². The zero-order valence-corrected chi connectivity index (χ0v) is 16.5. The molecule has 3 rings (SSSR count). The first kappa shape index (κ1) is 19.1. The number of hydrogen-bond donors (Lipinski definition) is 0. The van der Waals surface area contributed by atoms with Crippen LogP contribution >= 0.6 is 0 Å². The quantitative estimate of drug-likeness (QED) is 0.744. The van der Waals surface area contributed by atoms with Crippen molar-refractivity contribution in [1.29, 1.82) is 0 Å². The molecule has 144 valence electrons. The Labute approximate surface area is 155 Å². The first-order valence-corrected chi connectivity index (χ1v) is 10.8. The van der Waals surface area contributed by atoms with Crippen molar-refractivity contribution in [1.82, 2.24) is 14.9 Å². The Balaban J connectivity index is 1.64. The largest absolute Gasteiger partial charge is 0.463 e. The maximum absolute atomic E-state index is 12.7. The molecule has 0 N–H and O–H groups in total. The smallest absolute Gasteiger partial charge is 0.316 e. The van der Waals surface area contributed by atoms with Gasteiger partial charge in [0.1, 0.15) is 4.75 Å². The number of amides is 1. The molecule has 0 aromatic carbocycles. The molecule has 1 spiro atoms. The normalized spacial score (nSPS) is 23.2. The van der Waals surface area contributed by atoms with E-state index in [0.29, 0.717) is 18.8 Å². The Morgan fingerprint density at radius 1 is 1.42 bits per heavy atom. The molecule has 2 fully saturated rings. The van der Waals surface area contributed by atoms with E-state index in [1.807, 2.05) is 6.92 Å². The lowest BCUT2D eigenvalue weighted by molar-refractivity contribution is -0.137. The van der Waals surface area contributed by atoms with Gasteiger partial charge in [-0.05, 0) is 31.7 Å². The number of aryl methyl sites for hydroxylation is 1. The van der Waals surface area contributed by atoms with Gasteiger partial charge in [0.05, 0.1) is 12.4 Å². The summed E-state index contributed by atoms with van der Waals surface area (Å²) in [6.45, 7) is 6.84. The number of nitrogens with zero attached hydrogens (tertiary/aromatic N) is 3.